The Kier molecular flexibility index (Phi) is 4.80. The van der Waals surface area contributed by atoms with Gasteiger partial charge in [-0.1, -0.05) is 37.0 Å². The highest BCUT2D eigenvalue weighted by molar-refractivity contribution is 5.41. The second-order valence-electron chi connectivity index (χ2n) is 4.57. The first-order chi connectivity index (χ1) is 9.76. The normalized spacial score (nSPS) is 10.1. The second kappa shape index (κ2) is 6.78. The summed E-state index contributed by atoms with van der Waals surface area (Å²) in [4.78, 5) is 12.2. The number of aromatic nitrogens is 2. The van der Waals surface area contributed by atoms with Crippen LogP contribution in [0.5, 0.6) is 0 Å². The van der Waals surface area contributed by atoms with Gasteiger partial charge in [-0.2, -0.15) is 0 Å². The molecule has 2 aromatic rings. The molecule has 1 aromatic heterocycles. The second-order valence-corrected chi connectivity index (χ2v) is 4.57. The molecule has 104 valence electrons. The molecule has 0 bridgehead atoms. The molecule has 1 aromatic carbocycles. The topological polar surface area (TPSA) is 52.9 Å². The average molecular weight is 269 g/mol. The van der Waals surface area contributed by atoms with Crippen LogP contribution >= 0.6 is 0 Å². The van der Waals surface area contributed by atoms with Crippen LogP contribution in [0.2, 0.25) is 0 Å². The third kappa shape index (κ3) is 3.19. The van der Waals surface area contributed by atoms with Crippen molar-refractivity contribution in [2.45, 2.75) is 26.4 Å². The minimum absolute atomic E-state index is 0.0217. The molecule has 0 aliphatic carbocycles. The van der Waals surface area contributed by atoms with E-state index in [0.717, 1.165) is 24.1 Å². The highest BCUT2D eigenvalue weighted by atomic mass is 16.1. The molecule has 2 rings (SSSR count). The Labute approximate surface area is 118 Å². The summed E-state index contributed by atoms with van der Waals surface area (Å²) in [7, 11) is 0. The zero-order chi connectivity index (χ0) is 14.4. The Balaban J connectivity index is 2.28. The van der Waals surface area contributed by atoms with Crippen molar-refractivity contribution in [2.75, 3.05) is 6.54 Å². The van der Waals surface area contributed by atoms with Gasteiger partial charge in [-0.3, -0.25) is 9.13 Å². The third-order valence-electron chi connectivity index (χ3n) is 3.07. The summed E-state index contributed by atoms with van der Waals surface area (Å²) in [6, 6.07) is 7.84. The van der Waals surface area contributed by atoms with Gasteiger partial charge in [0, 0.05) is 24.5 Å². The van der Waals surface area contributed by atoms with Crippen molar-refractivity contribution >= 4 is 0 Å². The Bertz CT molecular complexity index is 685. The number of benzene rings is 1. The van der Waals surface area contributed by atoms with E-state index in [1.165, 1.54) is 0 Å². The number of rotatable bonds is 4. The van der Waals surface area contributed by atoms with Crippen LogP contribution in [0, 0.1) is 11.8 Å². The fourth-order valence-corrected chi connectivity index (χ4v) is 2.09. The molecular formula is C16H19N3O. The maximum Gasteiger partial charge on any atom is 0.328 e. The van der Waals surface area contributed by atoms with E-state index in [1.54, 1.807) is 9.13 Å². The molecule has 4 heteroatoms. The minimum atomic E-state index is 0.0217. The van der Waals surface area contributed by atoms with Gasteiger partial charge in [0.05, 0.1) is 13.1 Å². The summed E-state index contributed by atoms with van der Waals surface area (Å²) in [6.45, 7) is 3.67. The molecule has 0 aliphatic heterocycles. The minimum Gasteiger partial charge on any atom is -0.320 e. The van der Waals surface area contributed by atoms with Crippen molar-refractivity contribution in [3.05, 3.63) is 58.3 Å². The van der Waals surface area contributed by atoms with Crippen molar-refractivity contribution in [1.29, 1.82) is 0 Å². The molecule has 0 aliphatic rings. The molecule has 0 saturated heterocycles. The summed E-state index contributed by atoms with van der Waals surface area (Å²) in [5, 5.41) is 0. The van der Waals surface area contributed by atoms with Crippen LogP contribution in [-0.2, 0) is 13.1 Å². The highest BCUT2D eigenvalue weighted by Gasteiger charge is 2.05. The third-order valence-corrected chi connectivity index (χ3v) is 3.07. The van der Waals surface area contributed by atoms with Crippen LogP contribution in [0.1, 0.15) is 24.5 Å². The monoisotopic (exact) mass is 269 g/mol. The maximum atomic E-state index is 12.2. The SMILES string of the molecule is CCCn1ccn(Cc2ccccc2C#CCN)c1=O. The molecule has 0 unspecified atom stereocenters. The fourth-order valence-electron chi connectivity index (χ4n) is 2.09. The zero-order valence-corrected chi connectivity index (χ0v) is 11.7. The first-order valence-corrected chi connectivity index (χ1v) is 6.78. The molecule has 0 radical (unpaired) electrons. The van der Waals surface area contributed by atoms with Gasteiger partial charge in [0.15, 0.2) is 0 Å². The fraction of sp³-hybridized carbons (Fsp3) is 0.312. The van der Waals surface area contributed by atoms with Gasteiger partial charge in [0.2, 0.25) is 0 Å². The average Bonchev–Trinajstić information content (AvgIpc) is 2.80. The Morgan fingerprint density at radius 3 is 2.70 bits per heavy atom. The van der Waals surface area contributed by atoms with E-state index in [1.807, 2.05) is 36.7 Å². The van der Waals surface area contributed by atoms with E-state index < -0.39 is 0 Å². The van der Waals surface area contributed by atoms with Crippen molar-refractivity contribution in [1.82, 2.24) is 9.13 Å². The molecule has 2 N–H and O–H groups in total. The van der Waals surface area contributed by atoms with Crippen LogP contribution in [0.25, 0.3) is 0 Å². The van der Waals surface area contributed by atoms with Crippen LogP contribution < -0.4 is 11.4 Å². The van der Waals surface area contributed by atoms with E-state index in [-0.39, 0.29) is 5.69 Å². The van der Waals surface area contributed by atoms with Gasteiger partial charge in [-0.25, -0.2) is 4.79 Å². The summed E-state index contributed by atoms with van der Waals surface area (Å²) in [5.41, 5.74) is 7.39. The van der Waals surface area contributed by atoms with Crippen LogP contribution in [0.15, 0.2) is 41.5 Å². The molecule has 20 heavy (non-hydrogen) atoms. The summed E-state index contributed by atoms with van der Waals surface area (Å²) in [5.74, 6) is 5.90. The number of nitrogens with two attached hydrogens (primary N) is 1. The first kappa shape index (κ1) is 14.2. The molecular weight excluding hydrogens is 250 g/mol. The van der Waals surface area contributed by atoms with Gasteiger partial charge in [0.1, 0.15) is 0 Å². The highest BCUT2D eigenvalue weighted by Crippen LogP contribution is 2.08. The molecule has 1 heterocycles. The molecule has 0 amide bonds. The lowest BCUT2D eigenvalue weighted by molar-refractivity contribution is 0.624. The van der Waals surface area contributed by atoms with E-state index in [2.05, 4.69) is 18.8 Å². The van der Waals surface area contributed by atoms with E-state index in [9.17, 15) is 4.79 Å². The van der Waals surface area contributed by atoms with Gasteiger partial charge in [0.25, 0.3) is 0 Å². The summed E-state index contributed by atoms with van der Waals surface area (Å²) < 4.78 is 3.44. The van der Waals surface area contributed by atoms with Crippen LogP contribution in [0.4, 0.5) is 0 Å². The van der Waals surface area contributed by atoms with Gasteiger partial charge in [-0.15, -0.1) is 0 Å². The first-order valence-electron chi connectivity index (χ1n) is 6.78. The number of nitrogens with zero attached hydrogens (tertiary/aromatic N) is 2. The van der Waals surface area contributed by atoms with Gasteiger partial charge in [-0.05, 0) is 18.1 Å². The Morgan fingerprint density at radius 1 is 1.20 bits per heavy atom. The Hall–Kier alpha value is -2.25. The number of hydrogen-bond donors (Lipinski definition) is 1. The summed E-state index contributed by atoms with van der Waals surface area (Å²) in [6.07, 6.45) is 4.60. The zero-order valence-electron chi connectivity index (χ0n) is 11.7. The predicted molar refractivity (Wildman–Crippen MR) is 80.5 cm³/mol. The van der Waals surface area contributed by atoms with Crippen LogP contribution in [0.3, 0.4) is 0 Å². The molecule has 0 saturated carbocycles. The quantitative estimate of drug-likeness (QED) is 0.853. The summed E-state index contributed by atoms with van der Waals surface area (Å²) >= 11 is 0. The lowest BCUT2D eigenvalue weighted by Gasteiger charge is -2.05. The lowest BCUT2D eigenvalue weighted by atomic mass is 10.1. The lowest BCUT2D eigenvalue weighted by Crippen LogP contribution is -2.24. The number of hydrogen-bond acceptors (Lipinski definition) is 2. The number of aryl methyl sites for hydroxylation is 1. The molecule has 0 atom stereocenters. The number of imidazole rings is 1. The Morgan fingerprint density at radius 2 is 1.95 bits per heavy atom. The molecule has 0 spiro atoms. The molecule has 4 nitrogen and oxygen atoms in total. The van der Waals surface area contributed by atoms with Gasteiger partial charge >= 0.3 is 5.69 Å². The van der Waals surface area contributed by atoms with Crippen molar-refractivity contribution in [3.8, 4) is 11.8 Å². The van der Waals surface area contributed by atoms with Crippen LogP contribution in [-0.4, -0.2) is 15.7 Å². The largest absolute Gasteiger partial charge is 0.328 e. The van der Waals surface area contributed by atoms with Crippen molar-refractivity contribution < 1.29 is 0 Å². The standard InChI is InChI=1S/C16H19N3O/c1-2-10-18-11-12-19(16(18)20)13-15-7-4-3-6-14(15)8-5-9-17/h3-4,6-7,11-12H,2,9-10,13,17H2,1H3. The van der Waals surface area contributed by atoms with Crippen molar-refractivity contribution in [3.63, 3.8) is 0 Å². The smallest absolute Gasteiger partial charge is 0.320 e. The predicted octanol–water partition coefficient (Wildman–Crippen LogP) is 1.42. The van der Waals surface area contributed by atoms with E-state index in [0.29, 0.717) is 13.1 Å². The van der Waals surface area contributed by atoms with Gasteiger partial charge < -0.3 is 5.73 Å². The maximum absolute atomic E-state index is 12.2. The van der Waals surface area contributed by atoms with E-state index in [4.69, 9.17) is 5.73 Å². The van der Waals surface area contributed by atoms with Crippen molar-refractivity contribution in [2.24, 2.45) is 5.73 Å². The molecule has 0 fully saturated rings. The van der Waals surface area contributed by atoms with E-state index >= 15 is 0 Å².